The molecule has 0 spiro atoms. The molecule has 7 nitrogen and oxygen atoms in total. The van der Waals surface area contributed by atoms with Gasteiger partial charge in [0, 0.05) is 5.38 Å². The molecular weight excluding hydrogens is 342 g/mol. The summed E-state index contributed by atoms with van der Waals surface area (Å²) in [7, 11) is 0. The standard InChI is InChI=1S/C12H11Cl2FN2O5/c1-5(18)7-8(19)12(14,2-3-13)10(22-7)17-4-6(15)9(20)16-11(17)21/h4-5,7-8,10,18-19H,1H3,(H,16,20,21)/t5-,7+,8?,10+,12?/m0/s1. The Kier molecular flexibility index (Phi) is 4.65. The minimum Gasteiger partial charge on any atom is -0.391 e. The Bertz CT molecular complexity index is 752. The van der Waals surface area contributed by atoms with Crippen molar-refractivity contribution >= 4 is 23.2 Å². The van der Waals surface area contributed by atoms with Crippen LogP contribution in [-0.2, 0) is 4.74 Å². The van der Waals surface area contributed by atoms with Crippen LogP contribution in [0.3, 0.4) is 0 Å². The fourth-order valence-corrected chi connectivity index (χ4v) is 2.73. The van der Waals surface area contributed by atoms with E-state index in [-0.39, 0.29) is 0 Å². The highest BCUT2D eigenvalue weighted by Gasteiger charge is 2.57. The molecule has 120 valence electrons. The molecule has 2 unspecified atom stereocenters. The number of aliphatic hydroxyl groups is 2. The van der Waals surface area contributed by atoms with Crippen molar-refractivity contribution in [1.82, 2.24) is 9.55 Å². The Labute approximate surface area is 133 Å². The molecular formula is C12H11Cl2FN2O5. The minimum absolute atomic E-state index is 0.579. The molecule has 1 saturated heterocycles. The number of nitrogens with zero attached hydrogens (tertiary/aromatic N) is 1. The summed E-state index contributed by atoms with van der Waals surface area (Å²) < 4.78 is 19.4. The van der Waals surface area contributed by atoms with Crippen molar-refractivity contribution in [3.63, 3.8) is 0 Å². The van der Waals surface area contributed by atoms with Crippen molar-refractivity contribution in [3.05, 3.63) is 32.9 Å². The first-order chi connectivity index (χ1) is 10.2. The molecule has 3 N–H and O–H groups in total. The summed E-state index contributed by atoms with van der Waals surface area (Å²) in [5.41, 5.74) is -2.23. The van der Waals surface area contributed by atoms with E-state index in [9.17, 15) is 24.2 Å². The van der Waals surface area contributed by atoms with Crippen molar-refractivity contribution in [3.8, 4) is 11.3 Å². The van der Waals surface area contributed by atoms with Crippen molar-refractivity contribution in [1.29, 1.82) is 0 Å². The summed E-state index contributed by atoms with van der Waals surface area (Å²) in [5.74, 6) is 1.03. The summed E-state index contributed by atoms with van der Waals surface area (Å²) >= 11 is 11.5. The Morgan fingerprint density at radius 2 is 2.23 bits per heavy atom. The summed E-state index contributed by atoms with van der Waals surface area (Å²) in [6.07, 6.45) is -4.77. The molecule has 5 atom stereocenters. The molecule has 0 saturated carbocycles. The van der Waals surface area contributed by atoms with Gasteiger partial charge in [0.25, 0.3) is 5.56 Å². The highest BCUT2D eigenvalue weighted by Crippen LogP contribution is 2.43. The third-order valence-electron chi connectivity index (χ3n) is 3.28. The molecule has 0 aromatic carbocycles. The molecule has 1 aromatic rings. The van der Waals surface area contributed by atoms with Gasteiger partial charge in [0.2, 0.25) is 5.82 Å². The van der Waals surface area contributed by atoms with E-state index in [2.05, 4.69) is 5.92 Å². The number of H-pyrrole nitrogens is 1. The second-order valence-corrected chi connectivity index (χ2v) is 5.58. The first-order valence-corrected chi connectivity index (χ1v) is 6.82. The first kappa shape index (κ1) is 17.0. The Balaban J connectivity index is 2.61. The highest BCUT2D eigenvalue weighted by molar-refractivity contribution is 6.32. The van der Waals surface area contributed by atoms with Crippen molar-refractivity contribution in [2.75, 3.05) is 0 Å². The third-order valence-corrected chi connectivity index (χ3v) is 3.88. The van der Waals surface area contributed by atoms with Gasteiger partial charge in [-0.15, -0.1) is 0 Å². The number of aliphatic hydroxyl groups excluding tert-OH is 2. The van der Waals surface area contributed by atoms with Gasteiger partial charge in [0.15, 0.2) is 11.1 Å². The lowest BCUT2D eigenvalue weighted by atomic mass is 9.97. The molecule has 0 amide bonds. The maximum atomic E-state index is 13.4. The van der Waals surface area contributed by atoms with Gasteiger partial charge in [0.05, 0.1) is 12.3 Å². The Hall–Kier alpha value is -1.37. The van der Waals surface area contributed by atoms with Gasteiger partial charge in [0.1, 0.15) is 12.2 Å². The second-order valence-electron chi connectivity index (χ2n) is 4.77. The van der Waals surface area contributed by atoms with E-state index in [1.807, 2.05) is 5.38 Å². The largest absolute Gasteiger partial charge is 0.391 e. The third kappa shape index (κ3) is 2.66. The second kappa shape index (κ2) is 6.02. The highest BCUT2D eigenvalue weighted by atomic mass is 35.5. The van der Waals surface area contributed by atoms with Crippen molar-refractivity contribution < 1.29 is 19.3 Å². The van der Waals surface area contributed by atoms with Gasteiger partial charge in [-0.25, -0.2) is 4.79 Å². The Morgan fingerprint density at radius 3 is 2.77 bits per heavy atom. The zero-order valence-electron chi connectivity index (χ0n) is 11.1. The predicted octanol–water partition coefficient (Wildman–Crippen LogP) is -0.508. The van der Waals surface area contributed by atoms with E-state index in [1.54, 1.807) is 4.98 Å². The number of halogens is 3. The summed E-state index contributed by atoms with van der Waals surface area (Å²) in [5, 5.41) is 21.8. The lowest BCUT2D eigenvalue weighted by Gasteiger charge is -2.25. The van der Waals surface area contributed by atoms with Gasteiger partial charge >= 0.3 is 5.69 Å². The van der Waals surface area contributed by atoms with Gasteiger partial charge < -0.3 is 14.9 Å². The smallest absolute Gasteiger partial charge is 0.330 e. The molecule has 10 heteroatoms. The molecule has 0 radical (unpaired) electrons. The fourth-order valence-electron chi connectivity index (χ4n) is 2.20. The van der Waals surface area contributed by atoms with E-state index >= 15 is 0 Å². The molecule has 1 aromatic heterocycles. The quantitative estimate of drug-likeness (QED) is 0.491. The molecule has 0 aliphatic carbocycles. The van der Waals surface area contributed by atoms with Crippen LogP contribution in [0.1, 0.15) is 13.2 Å². The summed E-state index contributed by atoms with van der Waals surface area (Å²) in [6, 6.07) is 0. The van der Waals surface area contributed by atoms with Gasteiger partial charge in [-0.05, 0) is 18.5 Å². The summed E-state index contributed by atoms with van der Waals surface area (Å²) in [4.78, 5) is 22.7. The number of rotatable bonds is 2. The molecule has 2 rings (SSSR count). The van der Waals surface area contributed by atoms with Crippen LogP contribution in [0.2, 0.25) is 0 Å². The van der Waals surface area contributed by atoms with E-state index in [1.165, 1.54) is 6.92 Å². The number of ether oxygens (including phenoxy) is 1. The van der Waals surface area contributed by atoms with E-state index in [0.717, 1.165) is 0 Å². The van der Waals surface area contributed by atoms with Gasteiger partial charge in [-0.2, -0.15) is 4.39 Å². The topological polar surface area (TPSA) is 105 Å². The SMILES string of the molecule is C[C@H](O)[C@H]1O[C@@H](n2cc(F)c(=O)[nH]c2=O)C(Cl)(C#CCl)C1O. The van der Waals surface area contributed by atoms with Crippen LogP contribution < -0.4 is 11.2 Å². The molecule has 1 aliphatic rings. The Morgan fingerprint density at radius 1 is 1.59 bits per heavy atom. The molecule has 0 bridgehead atoms. The number of alkyl halides is 1. The zero-order valence-corrected chi connectivity index (χ0v) is 12.6. The predicted molar refractivity (Wildman–Crippen MR) is 75.1 cm³/mol. The number of hydrogen-bond acceptors (Lipinski definition) is 5. The van der Waals surface area contributed by atoms with Crippen LogP contribution in [0, 0.1) is 17.1 Å². The molecule has 1 fully saturated rings. The molecule has 1 aliphatic heterocycles. The minimum atomic E-state index is -1.92. The normalized spacial score (nSPS) is 32.4. The lowest BCUT2D eigenvalue weighted by molar-refractivity contribution is -0.0775. The van der Waals surface area contributed by atoms with E-state index < -0.39 is 46.5 Å². The van der Waals surface area contributed by atoms with Crippen LogP contribution in [0.4, 0.5) is 4.39 Å². The van der Waals surface area contributed by atoms with Crippen LogP contribution >= 0.6 is 23.2 Å². The van der Waals surface area contributed by atoms with Crippen LogP contribution in [0.25, 0.3) is 0 Å². The maximum absolute atomic E-state index is 13.4. The van der Waals surface area contributed by atoms with Crippen molar-refractivity contribution in [2.45, 2.75) is 36.3 Å². The zero-order chi connectivity index (χ0) is 16.7. The average molecular weight is 353 g/mol. The van der Waals surface area contributed by atoms with Gasteiger partial charge in [-0.3, -0.25) is 14.3 Å². The number of aromatic nitrogens is 2. The van der Waals surface area contributed by atoms with Crippen molar-refractivity contribution in [2.24, 2.45) is 0 Å². The van der Waals surface area contributed by atoms with Crippen LogP contribution in [0.15, 0.2) is 15.8 Å². The fraction of sp³-hybridized carbons (Fsp3) is 0.500. The number of nitrogens with one attached hydrogen (secondary N) is 1. The number of aromatic amines is 1. The monoisotopic (exact) mass is 352 g/mol. The van der Waals surface area contributed by atoms with Crippen LogP contribution in [-0.4, -0.2) is 43.0 Å². The van der Waals surface area contributed by atoms with Crippen LogP contribution in [0.5, 0.6) is 0 Å². The van der Waals surface area contributed by atoms with E-state index in [4.69, 9.17) is 27.9 Å². The maximum Gasteiger partial charge on any atom is 0.330 e. The van der Waals surface area contributed by atoms with E-state index in [0.29, 0.717) is 10.8 Å². The molecule has 2 heterocycles. The summed E-state index contributed by atoms with van der Waals surface area (Å²) in [6.45, 7) is 1.33. The average Bonchev–Trinajstić information content (AvgIpc) is 2.68. The first-order valence-electron chi connectivity index (χ1n) is 6.06. The number of hydrogen-bond donors (Lipinski definition) is 3. The molecule has 22 heavy (non-hydrogen) atoms. The lowest BCUT2D eigenvalue weighted by Crippen LogP contribution is -2.45. The van der Waals surface area contributed by atoms with Gasteiger partial charge in [-0.1, -0.05) is 17.5 Å².